The maximum Gasteiger partial charge on any atom is 0.221 e. The molecule has 1 rings (SSSR count). The molecular formula is C7H14O6. The Hall–Kier alpha value is -0.240. The van der Waals surface area contributed by atoms with Gasteiger partial charge in [0.05, 0.1) is 6.61 Å². The zero-order chi connectivity index (χ0) is 10.1. The molecule has 0 radical (unpaired) electrons. The van der Waals surface area contributed by atoms with E-state index in [1.54, 1.807) is 0 Å². The van der Waals surface area contributed by atoms with Crippen LogP contribution in [0.5, 0.6) is 0 Å². The fraction of sp³-hybridized carbons (Fsp3) is 1.00. The zero-order valence-corrected chi connectivity index (χ0v) is 7.25. The van der Waals surface area contributed by atoms with Gasteiger partial charge in [0.15, 0.2) is 0 Å². The van der Waals surface area contributed by atoms with Gasteiger partial charge < -0.3 is 29.9 Å². The molecule has 1 aliphatic rings. The van der Waals surface area contributed by atoms with Crippen molar-refractivity contribution in [3.63, 3.8) is 0 Å². The fourth-order valence-electron chi connectivity index (χ4n) is 1.37. The molecule has 1 saturated heterocycles. The average molecular weight is 194 g/mol. The van der Waals surface area contributed by atoms with Crippen LogP contribution in [0.25, 0.3) is 0 Å². The average Bonchev–Trinajstić information content (AvgIpc) is 2.42. The van der Waals surface area contributed by atoms with Crippen LogP contribution in [0.1, 0.15) is 0 Å². The lowest BCUT2D eigenvalue weighted by atomic mass is 10.1. The summed E-state index contributed by atoms with van der Waals surface area (Å²) in [6.45, 7) is -1.03. The molecule has 0 aromatic heterocycles. The van der Waals surface area contributed by atoms with Crippen LogP contribution in [0.4, 0.5) is 0 Å². The highest BCUT2D eigenvalue weighted by Gasteiger charge is 2.54. The van der Waals surface area contributed by atoms with Gasteiger partial charge in [-0.2, -0.15) is 0 Å². The van der Waals surface area contributed by atoms with Crippen molar-refractivity contribution in [2.45, 2.75) is 24.1 Å². The SMILES string of the molecule is CO[C@]1(CO)O[C@H](CO)C(O)C1O. The Morgan fingerprint density at radius 2 is 2.00 bits per heavy atom. The quantitative estimate of drug-likeness (QED) is 0.394. The monoisotopic (exact) mass is 194 g/mol. The van der Waals surface area contributed by atoms with E-state index in [-0.39, 0.29) is 0 Å². The molecule has 0 aromatic carbocycles. The second kappa shape index (κ2) is 3.87. The van der Waals surface area contributed by atoms with Gasteiger partial charge in [0.2, 0.25) is 5.79 Å². The van der Waals surface area contributed by atoms with Crippen LogP contribution >= 0.6 is 0 Å². The summed E-state index contributed by atoms with van der Waals surface area (Å²) in [4.78, 5) is 0. The van der Waals surface area contributed by atoms with E-state index >= 15 is 0 Å². The summed E-state index contributed by atoms with van der Waals surface area (Å²) in [5.74, 6) is -1.62. The van der Waals surface area contributed by atoms with Crippen molar-refractivity contribution in [1.29, 1.82) is 0 Å². The highest BCUT2D eigenvalue weighted by molar-refractivity contribution is 4.95. The van der Waals surface area contributed by atoms with E-state index in [1.165, 1.54) is 7.11 Å². The molecule has 0 saturated carbocycles. The minimum atomic E-state index is -1.62. The van der Waals surface area contributed by atoms with Gasteiger partial charge in [-0.25, -0.2) is 0 Å². The number of aliphatic hydroxyl groups excluding tert-OH is 4. The maximum atomic E-state index is 9.44. The first-order valence-electron chi connectivity index (χ1n) is 3.92. The Morgan fingerprint density at radius 3 is 2.23 bits per heavy atom. The number of hydrogen-bond donors (Lipinski definition) is 4. The third-order valence-electron chi connectivity index (χ3n) is 2.25. The summed E-state index contributed by atoms with van der Waals surface area (Å²) >= 11 is 0. The molecular weight excluding hydrogens is 180 g/mol. The van der Waals surface area contributed by atoms with E-state index in [9.17, 15) is 10.2 Å². The number of aliphatic hydroxyl groups is 4. The topological polar surface area (TPSA) is 99.4 Å². The largest absolute Gasteiger partial charge is 0.394 e. The van der Waals surface area contributed by atoms with Crippen molar-refractivity contribution < 1.29 is 29.9 Å². The Kier molecular flexibility index (Phi) is 3.23. The Balaban J connectivity index is 2.79. The molecule has 1 fully saturated rings. The van der Waals surface area contributed by atoms with Gasteiger partial charge in [0.25, 0.3) is 0 Å². The summed E-state index contributed by atoms with van der Waals surface area (Å²) in [5, 5.41) is 36.4. The lowest BCUT2D eigenvalue weighted by Crippen LogP contribution is -2.47. The molecule has 0 bridgehead atoms. The van der Waals surface area contributed by atoms with E-state index in [4.69, 9.17) is 19.7 Å². The van der Waals surface area contributed by atoms with Crippen LogP contribution in [-0.2, 0) is 9.47 Å². The first-order chi connectivity index (χ1) is 6.11. The van der Waals surface area contributed by atoms with Gasteiger partial charge in [-0.05, 0) is 0 Å². The molecule has 0 aromatic rings. The Labute approximate surface area is 75.3 Å². The Morgan fingerprint density at radius 1 is 1.38 bits per heavy atom. The van der Waals surface area contributed by atoms with Crippen LogP contribution in [0.3, 0.4) is 0 Å². The molecule has 0 amide bonds. The molecule has 4 N–H and O–H groups in total. The molecule has 0 aliphatic carbocycles. The van der Waals surface area contributed by atoms with Gasteiger partial charge in [0.1, 0.15) is 24.9 Å². The first kappa shape index (κ1) is 10.8. The number of methoxy groups -OCH3 is 1. The molecule has 6 nitrogen and oxygen atoms in total. The van der Waals surface area contributed by atoms with Crippen molar-refractivity contribution in [2.24, 2.45) is 0 Å². The second-order valence-corrected chi connectivity index (χ2v) is 2.95. The predicted octanol–water partition coefficient (Wildman–Crippen LogP) is -2.57. The van der Waals surface area contributed by atoms with Crippen molar-refractivity contribution >= 4 is 0 Å². The van der Waals surface area contributed by atoms with Crippen LogP contribution in [0.2, 0.25) is 0 Å². The van der Waals surface area contributed by atoms with Gasteiger partial charge in [-0.3, -0.25) is 0 Å². The lowest BCUT2D eigenvalue weighted by molar-refractivity contribution is -0.263. The van der Waals surface area contributed by atoms with Crippen LogP contribution in [-0.4, -0.2) is 64.8 Å². The summed E-state index contributed by atoms with van der Waals surface area (Å²) in [6, 6.07) is 0. The minimum Gasteiger partial charge on any atom is -0.394 e. The van der Waals surface area contributed by atoms with E-state index in [1.807, 2.05) is 0 Å². The first-order valence-corrected chi connectivity index (χ1v) is 3.92. The number of rotatable bonds is 3. The van der Waals surface area contributed by atoms with Crippen molar-refractivity contribution in [2.75, 3.05) is 20.3 Å². The van der Waals surface area contributed by atoms with E-state index in [0.29, 0.717) is 0 Å². The highest BCUT2D eigenvalue weighted by Crippen LogP contribution is 2.31. The van der Waals surface area contributed by atoms with Crippen LogP contribution in [0.15, 0.2) is 0 Å². The summed E-state index contributed by atoms with van der Waals surface area (Å²) in [5.41, 5.74) is 0. The Bertz CT molecular complexity index is 168. The van der Waals surface area contributed by atoms with E-state index < -0.39 is 37.3 Å². The molecule has 2 unspecified atom stereocenters. The smallest absolute Gasteiger partial charge is 0.221 e. The highest BCUT2D eigenvalue weighted by atomic mass is 16.7. The summed E-state index contributed by atoms with van der Waals surface area (Å²) < 4.78 is 9.77. The molecule has 1 aliphatic heterocycles. The van der Waals surface area contributed by atoms with Crippen LogP contribution < -0.4 is 0 Å². The third-order valence-corrected chi connectivity index (χ3v) is 2.25. The van der Waals surface area contributed by atoms with Gasteiger partial charge in [-0.1, -0.05) is 0 Å². The summed E-state index contributed by atoms with van der Waals surface area (Å²) in [7, 11) is 1.24. The molecule has 78 valence electrons. The summed E-state index contributed by atoms with van der Waals surface area (Å²) in [6.07, 6.45) is -3.54. The van der Waals surface area contributed by atoms with E-state index in [2.05, 4.69) is 0 Å². The number of ether oxygens (including phenoxy) is 2. The van der Waals surface area contributed by atoms with Gasteiger partial charge in [-0.15, -0.1) is 0 Å². The molecule has 1 heterocycles. The molecule has 0 spiro atoms. The zero-order valence-electron chi connectivity index (χ0n) is 7.25. The number of hydrogen-bond acceptors (Lipinski definition) is 6. The van der Waals surface area contributed by atoms with Gasteiger partial charge in [0, 0.05) is 7.11 Å². The molecule has 4 atom stereocenters. The van der Waals surface area contributed by atoms with Crippen molar-refractivity contribution in [1.82, 2.24) is 0 Å². The van der Waals surface area contributed by atoms with Crippen molar-refractivity contribution in [3.05, 3.63) is 0 Å². The lowest BCUT2D eigenvalue weighted by Gasteiger charge is -2.27. The molecule has 13 heavy (non-hydrogen) atoms. The van der Waals surface area contributed by atoms with Crippen LogP contribution in [0, 0.1) is 0 Å². The normalized spacial score (nSPS) is 45.5. The third kappa shape index (κ3) is 1.56. The fourth-order valence-corrected chi connectivity index (χ4v) is 1.37. The second-order valence-electron chi connectivity index (χ2n) is 2.95. The maximum absolute atomic E-state index is 9.44. The molecule has 6 heteroatoms. The van der Waals surface area contributed by atoms with Gasteiger partial charge >= 0.3 is 0 Å². The van der Waals surface area contributed by atoms with Crippen molar-refractivity contribution in [3.8, 4) is 0 Å². The standard InChI is InChI=1S/C7H14O6/c1-12-7(3-9)6(11)5(10)4(2-8)13-7/h4-6,8-11H,2-3H2,1H3/t4-,5?,6?,7-/m1/s1. The van der Waals surface area contributed by atoms with E-state index in [0.717, 1.165) is 0 Å². The predicted molar refractivity (Wildman–Crippen MR) is 40.8 cm³/mol. The minimum absolute atomic E-state index is 0.441.